The zero-order chi connectivity index (χ0) is 19.2. The SMILES string of the molecule is CN(C)CCCNC(=O)c1cc(C(=O)Nc2ccc3c(c2)OCO3)ccn1. The molecule has 0 fully saturated rings. The summed E-state index contributed by atoms with van der Waals surface area (Å²) in [5, 5.41) is 5.59. The lowest BCUT2D eigenvalue weighted by Gasteiger charge is -2.10. The van der Waals surface area contributed by atoms with Crippen LogP contribution < -0.4 is 20.1 Å². The minimum Gasteiger partial charge on any atom is -0.454 e. The third-order valence-electron chi connectivity index (χ3n) is 3.95. The molecule has 8 heteroatoms. The van der Waals surface area contributed by atoms with Gasteiger partial charge in [0.05, 0.1) is 0 Å². The molecule has 0 atom stereocenters. The van der Waals surface area contributed by atoms with E-state index in [1.54, 1.807) is 24.3 Å². The Kier molecular flexibility index (Phi) is 5.87. The molecule has 27 heavy (non-hydrogen) atoms. The van der Waals surface area contributed by atoms with Crippen molar-refractivity contribution >= 4 is 17.5 Å². The van der Waals surface area contributed by atoms with E-state index in [4.69, 9.17) is 9.47 Å². The highest BCUT2D eigenvalue weighted by Gasteiger charge is 2.16. The molecule has 1 aliphatic heterocycles. The molecule has 0 aliphatic carbocycles. The summed E-state index contributed by atoms with van der Waals surface area (Å²) < 4.78 is 10.5. The molecule has 1 aliphatic rings. The second kappa shape index (κ2) is 8.50. The highest BCUT2D eigenvalue weighted by atomic mass is 16.7. The number of anilines is 1. The van der Waals surface area contributed by atoms with Gasteiger partial charge >= 0.3 is 0 Å². The van der Waals surface area contributed by atoms with Crippen LogP contribution in [0.5, 0.6) is 11.5 Å². The fourth-order valence-electron chi connectivity index (χ4n) is 2.56. The monoisotopic (exact) mass is 370 g/mol. The summed E-state index contributed by atoms with van der Waals surface area (Å²) in [4.78, 5) is 30.8. The van der Waals surface area contributed by atoms with Crippen LogP contribution in [0.4, 0.5) is 5.69 Å². The van der Waals surface area contributed by atoms with E-state index in [9.17, 15) is 9.59 Å². The number of pyridine rings is 1. The smallest absolute Gasteiger partial charge is 0.269 e. The molecule has 142 valence electrons. The fourth-order valence-corrected chi connectivity index (χ4v) is 2.56. The van der Waals surface area contributed by atoms with Gasteiger partial charge in [0.15, 0.2) is 11.5 Å². The van der Waals surface area contributed by atoms with Gasteiger partial charge < -0.3 is 25.0 Å². The fraction of sp³-hybridized carbons (Fsp3) is 0.316. The van der Waals surface area contributed by atoms with Gasteiger partial charge in [0, 0.05) is 30.1 Å². The Morgan fingerprint density at radius 2 is 1.93 bits per heavy atom. The van der Waals surface area contributed by atoms with Crippen molar-refractivity contribution in [3.05, 3.63) is 47.8 Å². The van der Waals surface area contributed by atoms with Crippen LogP contribution in [0.15, 0.2) is 36.5 Å². The number of hydrogen-bond donors (Lipinski definition) is 2. The van der Waals surface area contributed by atoms with Gasteiger partial charge in [-0.25, -0.2) is 0 Å². The van der Waals surface area contributed by atoms with Crippen molar-refractivity contribution in [1.29, 1.82) is 0 Å². The van der Waals surface area contributed by atoms with Crippen LogP contribution in [0.2, 0.25) is 0 Å². The molecule has 1 aromatic carbocycles. The van der Waals surface area contributed by atoms with E-state index in [2.05, 4.69) is 15.6 Å². The van der Waals surface area contributed by atoms with E-state index >= 15 is 0 Å². The number of nitrogens with one attached hydrogen (secondary N) is 2. The Morgan fingerprint density at radius 1 is 1.11 bits per heavy atom. The molecular formula is C19H22N4O4. The van der Waals surface area contributed by atoms with Gasteiger partial charge in [0.1, 0.15) is 5.69 Å². The summed E-state index contributed by atoms with van der Waals surface area (Å²) in [7, 11) is 3.96. The van der Waals surface area contributed by atoms with Gasteiger partial charge in [-0.15, -0.1) is 0 Å². The van der Waals surface area contributed by atoms with E-state index in [1.165, 1.54) is 12.3 Å². The standard InChI is InChI=1S/C19H22N4O4/c1-23(2)9-3-7-21-19(25)15-10-13(6-8-20-15)18(24)22-14-4-5-16-17(11-14)27-12-26-16/h4-6,8,10-11H,3,7,9,12H2,1-2H3,(H,21,25)(H,22,24). The average Bonchev–Trinajstić information content (AvgIpc) is 3.13. The maximum Gasteiger partial charge on any atom is 0.269 e. The first-order chi connectivity index (χ1) is 13.0. The van der Waals surface area contributed by atoms with Gasteiger partial charge in [0.2, 0.25) is 6.79 Å². The van der Waals surface area contributed by atoms with E-state index < -0.39 is 0 Å². The Labute approximate surface area is 157 Å². The number of hydrogen-bond acceptors (Lipinski definition) is 6. The Balaban J connectivity index is 1.60. The molecule has 0 spiro atoms. The second-order valence-electron chi connectivity index (χ2n) is 6.36. The Hall–Kier alpha value is -3.13. The molecule has 8 nitrogen and oxygen atoms in total. The molecule has 1 aromatic heterocycles. The quantitative estimate of drug-likeness (QED) is 0.722. The van der Waals surface area contributed by atoms with Gasteiger partial charge in [-0.05, 0) is 51.3 Å². The number of rotatable bonds is 7. The predicted molar refractivity (Wildman–Crippen MR) is 100 cm³/mol. The van der Waals surface area contributed by atoms with Crippen LogP contribution in [0.1, 0.15) is 27.3 Å². The molecule has 2 heterocycles. The minimum absolute atomic E-state index is 0.171. The van der Waals surface area contributed by atoms with Crippen molar-refractivity contribution in [2.45, 2.75) is 6.42 Å². The summed E-state index contributed by atoms with van der Waals surface area (Å²) >= 11 is 0. The Bertz CT molecular complexity index is 838. The van der Waals surface area contributed by atoms with E-state index in [0.29, 0.717) is 29.3 Å². The highest BCUT2D eigenvalue weighted by Crippen LogP contribution is 2.34. The number of ether oxygens (including phenoxy) is 2. The Morgan fingerprint density at radius 3 is 2.74 bits per heavy atom. The van der Waals surface area contributed by atoms with Crippen LogP contribution in [-0.2, 0) is 0 Å². The summed E-state index contributed by atoms with van der Waals surface area (Å²) in [6, 6.07) is 8.19. The van der Waals surface area contributed by atoms with Gasteiger partial charge in [-0.1, -0.05) is 0 Å². The maximum atomic E-state index is 12.5. The normalized spacial score (nSPS) is 12.1. The minimum atomic E-state index is -0.335. The molecule has 2 aromatic rings. The first kappa shape index (κ1) is 18.7. The number of carbonyl (C=O) groups excluding carboxylic acids is 2. The molecule has 0 saturated heterocycles. The van der Waals surface area contributed by atoms with Crippen LogP contribution in [0.25, 0.3) is 0 Å². The lowest BCUT2D eigenvalue weighted by atomic mass is 10.2. The molecule has 3 rings (SSSR count). The van der Waals surface area contributed by atoms with Crippen molar-refractivity contribution < 1.29 is 19.1 Å². The van der Waals surface area contributed by atoms with Crippen molar-refractivity contribution in [3.8, 4) is 11.5 Å². The zero-order valence-corrected chi connectivity index (χ0v) is 15.3. The lowest BCUT2D eigenvalue weighted by molar-refractivity contribution is 0.0947. The largest absolute Gasteiger partial charge is 0.454 e. The summed E-state index contributed by atoms with van der Waals surface area (Å²) in [6.07, 6.45) is 2.28. The van der Waals surface area contributed by atoms with Crippen LogP contribution in [0.3, 0.4) is 0 Å². The number of carbonyl (C=O) groups is 2. The van der Waals surface area contributed by atoms with Crippen LogP contribution in [-0.4, -0.2) is 55.7 Å². The summed E-state index contributed by atoms with van der Waals surface area (Å²) in [5.74, 6) is 0.592. The molecule has 0 bridgehead atoms. The topological polar surface area (TPSA) is 92.8 Å². The number of aromatic nitrogens is 1. The third-order valence-corrected chi connectivity index (χ3v) is 3.95. The molecular weight excluding hydrogens is 348 g/mol. The molecule has 2 amide bonds. The molecule has 0 radical (unpaired) electrons. The second-order valence-corrected chi connectivity index (χ2v) is 6.36. The van der Waals surface area contributed by atoms with Crippen molar-refractivity contribution in [3.63, 3.8) is 0 Å². The summed E-state index contributed by atoms with van der Waals surface area (Å²) in [6.45, 7) is 1.60. The first-order valence-corrected chi connectivity index (χ1v) is 8.63. The van der Waals surface area contributed by atoms with Gasteiger partial charge in [0.25, 0.3) is 11.8 Å². The van der Waals surface area contributed by atoms with Crippen molar-refractivity contribution in [2.24, 2.45) is 0 Å². The lowest BCUT2D eigenvalue weighted by Crippen LogP contribution is -2.28. The third kappa shape index (κ3) is 4.95. The number of benzene rings is 1. The maximum absolute atomic E-state index is 12.5. The van der Waals surface area contributed by atoms with E-state index in [-0.39, 0.29) is 24.3 Å². The van der Waals surface area contributed by atoms with E-state index in [1.807, 2.05) is 19.0 Å². The van der Waals surface area contributed by atoms with Crippen molar-refractivity contribution in [2.75, 3.05) is 39.3 Å². The van der Waals surface area contributed by atoms with Crippen LogP contribution in [0, 0.1) is 0 Å². The van der Waals surface area contributed by atoms with Gasteiger partial charge in [-0.2, -0.15) is 0 Å². The van der Waals surface area contributed by atoms with Crippen LogP contribution >= 0.6 is 0 Å². The molecule has 2 N–H and O–H groups in total. The summed E-state index contributed by atoms with van der Waals surface area (Å²) in [5.41, 5.74) is 1.13. The first-order valence-electron chi connectivity index (χ1n) is 8.63. The molecule has 0 unspecified atom stereocenters. The molecule has 0 saturated carbocycles. The zero-order valence-electron chi connectivity index (χ0n) is 15.3. The van der Waals surface area contributed by atoms with Crippen molar-refractivity contribution in [1.82, 2.24) is 15.2 Å². The number of fused-ring (bicyclic) bond motifs is 1. The average molecular weight is 370 g/mol. The highest BCUT2D eigenvalue weighted by molar-refractivity contribution is 6.05. The number of amides is 2. The van der Waals surface area contributed by atoms with Gasteiger partial charge in [-0.3, -0.25) is 14.6 Å². The number of nitrogens with zero attached hydrogens (tertiary/aromatic N) is 2. The predicted octanol–water partition coefficient (Wildman–Crippen LogP) is 1.74. The van der Waals surface area contributed by atoms with E-state index in [0.717, 1.165) is 13.0 Å².